The highest BCUT2D eigenvalue weighted by Crippen LogP contribution is 2.33. The van der Waals surface area contributed by atoms with E-state index in [9.17, 15) is 4.79 Å². The average Bonchev–Trinajstić information content (AvgIpc) is 3.19. The molecule has 0 radical (unpaired) electrons. The number of aromatic nitrogens is 3. The van der Waals surface area contributed by atoms with Gasteiger partial charge in [-0.25, -0.2) is 0 Å². The van der Waals surface area contributed by atoms with Gasteiger partial charge in [-0.3, -0.25) is 9.36 Å². The minimum Gasteiger partial charge on any atom is -0.462 e. The monoisotopic (exact) mass is 374 g/mol. The lowest BCUT2D eigenvalue weighted by Gasteiger charge is -2.28. The molecule has 138 valence electrons. The van der Waals surface area contributed by atoms with E-state index in [0.29, 0.717) is 26.2 Å². The standard InChI is InChI=1S/C18H22N4O3S/c1-13-11-15(16(23)25-13)26-18-20-19-17(21-7-9-24-10-8-21)22(18)12-14-5-3-2-4-6-14/h2-6,13,15H,7-12H2,1H3. The Hall–Kier alpha value is -2.06. The van der Waals surface area contributed by atoms with Crippen LogP contribution in [0.2, 0.25) is 0 Å². The van der Waals surface area contributed by atoms with Crippen molar-refractivity contribution in [2.75, 3.05) is 31.2 Å². The Morgan fingerprint density at radius 2 is 1.96 bits per heavy atom. The van der Waals surface area contributed by atoms with Gasteiger partial charge < -0.3 is 14.4 Å². The predicted octanol–water partition coefficient (Wildman–Crippen LogP) is 1.96. The normalized spacial score (nSPS) is 23.3. The highest BCUT2D eigenvalue weighted by atomic mass is 32.2. The first kappa shape index (κ1) is 17.4. The topological polar surface area (TPSA) is 69.5 Å². The Balaban J connectivity index is 1.62. The summed E-state index contributed by atoms with van der Waals surface area (Å²) >= 11 is 1.45. The molecule has 2 unspecified atom stereocenters. The van der Waals surface area contributed by atoms with E-state index in [1.54, 1.807) is 0 Å². The minimum absolute atomic E-state index is 0.0378. The van der Waals surface area contributed by atoms with E-state index in [-0.39, 0.29) is 17.3 Å². The Kier molecular flexibility index (Phi) is 5.12. The van der Waals surface area contributed by atoms with E-state index in [2.05, 4.69) is 31.8 Å². The molecule has 7 nitrogen and oxygen atoms in total. The zero-order valence-corrected chi connectivity index (χ0v) is 15.5. The first-order valence-electron chi connectivity index (χ1n) is 8.87. The van der Waals surface area contributed by atoms with Crippen molar-refractivity contribution in [3.8, 4) is 0 Å². The Bertz CT molecular complexity index is 761. The summed E-state index contributed by atoms with van der Waals surface area (Å²) in [5.41, 5.74) is 1.17. The van der Waals surface area contributed by atoms with E-state index in [1.165, 1.54) is 17.3 Å². The van der Waals surface area contributed by atoms with Gasteiger partial charge in [0.2, 0.25) is 5.95 Å². The van der Waals surface area contributed by atoms with Gasteiger partial charge in [-0.2, -0.15) is 0 Å². The van der Waals surface area contributed by atoms with Crippen LogP contribution in [0.1, 0.15) is 18.9 Å². The van der Waals surface area contributed by atoms with Crippen molar-refractivity contribution in [3.63, 3.8) is 0 Å². The van der Waals surface area contributed by atoms with Gasteiger partial charge in [-0.15, -0.1) is 10.2 Å². The van der Waals surface area contributed by atoms with Crippen LogP contribution in [0.15, 0.2) is 35.5 Å². The summed E-state index contributed by atoms with van der Waals surface area (Å²) in [6.07, 6.45) is 0.665. The molecular formula is C18H22N4O3S. The first-order valence-corrected chi connectivity index (χ1v) is 9.75. The van der Waals surface area contributed by atoms with Crippen LogP contribution in [0, 0.1) is 0 Å². The molecule has 2 fully saturated rings. The zero-order chi connectivity index (χ0) is 17.9. The van der Waals surface area contributed by atoms with Crippen molar-refractivity contribution in [2.45, 2.75) is 36.4 Å². The number of nitrogens with zero attached hydrogens (tertiary/aromatic N) is 4. The molecule has 2 saturated heterocycles. The second kappa shape index (κ2) is 7.67. The number of morpholine rings is 1. The number of carbonyl (C=O) groups excluding carboxylic acids is 1. The molecule has 2 aliphatic rings. The number of hydrogen-bond donors (Lipinski definition) is 0. The van der Waals surface area contributed by atoms with Crippen molar-refractivity contribution in [1.82, 2.24) is 14.8 Å². The molecule has 4 rings (SSSR count). The van der Waals surface area contributed by atoms with Gasteiger partial charge in [0.25, 0.3) is 0 Å². The molecule has 8 heteroatoms. The molecule has 1 aromatic carbocycles. The molecule has 2 aliphatic heterocycles. The maximum Gasteiger partial charge on any atom is 0.319 e. The maximum atomic E-state index is 12.0. The lowest BCUT2D eigenvalue weighted by Crippen LogP contribution is -2.38. The van der Waals surface area contributed by atoms with Gasteiger partial charge in [0.1, 0.15) is 11.4 Å². The summed E-state index contributed by atoms with van der Waals surface area (Å²) in [7, 11) is 0. The molecule has 0 N–H and O–H groups in total. The summed E-state index contributed by atoms with van der Waals surface area (Å²) in [5, 5.41) is 9.36. The van der Waals surface area contributed by atoms with Crippen LogP contribution >= 0.6 is 11.8 Å². The maximum absolute atomic E-state index is 12.0. The first-order chi connectivity index (χ1) is 12.7. The molecule has 2 atom stereocenters. The van der Waals surface area contributed by atoms with Gasteiger partial charge in [0.15, 0.2) is 5.16 Å². The molecule has 26 heavy (non-hydrogen) atoms. The molecular weight excluding hydrogens is 352 g/mol. The van der Waals surface area contributed by atoms with Crippen LogP contribution in [0.4, 0.5) is 5.95 Å². The predicted molar refractivity (Wildman–Crippen MR) is 98.4 cm³/mol. The summed E-state index contributed by atoms with van der Waals surface area (Å²) in [6, 6.07) is 10.2. The summed E-state index contributed by atoms with van der Waals surface area (Å²) < 4.78 is 12.8. The quantitative estimate of drug-likeness (QED) is 0.741. The molecule has 3 heterocycles. The van der Waals surface area contributed by atoms with E-state index in [0.717, 1.165) is 24.2 Å². The molecule has 0 aliphatic carbocycles. The number of thioether (sulfide) groups is 1. The highest BCUT2D eigenvalue weighted by Gasteiger charge is 2.34. The van der Waals surface area contributed by atoms with Crippen molar-refractivity contribution >= 4 is 23.7 Å². The fourth-order valence-electron chi connectivity index (χ4n) is 3.21. The van der Waals surface area contributed by atoms with Crippen LogP contribution in [-0.2, 0) is 20.8 Å². The smallest absolute Gasteiger partial charge is 0.319 e. The SMILES string of the molecule is CC1CC(Sc2nnc(N3CCOCC3)n2Cc2ccccc2)C(=O)O1. The second-order valence-corrected chi connectivity index (χ2v) is 7.71. The fourth-order valence-corrected chi connectivity index (χ4v) is 4.35. The second-order valence-electron chi connectivity index (χ2n) is 6.54. The van der Waals surface area contributed by atoms with E-state index < -0.39 is 0 Å². The number of esters is 1. The van der Waals surface area contributed by atoms with Gasteiger partial charge in [-0.1, -0.05) is 42.1 Å². The molecule has 0 saturated carbocycles. The Labute approximate surface area is 156 Å². The third-order valence-corrected chi connectivity index (χ3v) is 5.73. The third-order valence-electron chi connectivity index (χ3n) is 4.55. The number of cyclic esters (lactones) is 1. The van der Waals surface area contributed by atoms with Crippen LogP contribution in [0.25, 0.3) is 0 Å². The van der Waals surface area contributed by atoms with Crippen LogP contribution in [0.5, 0.6) is 0 Å². The van der Waals surface area contributed by atoms with Gasteiger partial charge in [0.05, 0.1) is 19.8 Å². The minimum atomic E-state index is -0.221. The van der Waals surface area contributed by atoms with Crippen molar-refractivity contribution in [2.24, 2.45) is 0 Å². The van der Waals surface area contributed by atoms with Crippen LogP contribution < -0.4 is 4.90 Å². The van der Waals surface area contributed by atoms with Gasteiger partial charge in [0, 0.05) is 19.5 Å². The average molecular weight is 374 g/mol. The zero-order valence-electron chi connectivity index (χ0n) is 14.7. The molecule has 0 spiro atoms. The Morgan fingerprint density at radius 3 is 2.65 bits per heavy atom. The molecule has 0 bridgehead atoms. The van der Waals surface area contributed by atoms with E-state index >= 15 is 0 Å². The third kappa shape index (κ3) is 3.71. The molecule has 0 amide bonds. The summed E-state index contributed by atoms with van der Waals surface area (Å²) in [5.74, 6) is 0.670. The number of hydrogen-bond acceptors (Lipinski definition) is 7. The van der Waals surface area contributed by atoms with Crippen molar-refractivity contribution in [3.05, 3.63) is 35.9 Å². The molecule has 2 aromatic rings. The van der Waals surface area contributed by atoms with Crippen LogP contribution in [-0.4, -0.2) is 58.4 Å². The lowest BCUT2D eigenvalue weighted by atomic mass is 10.2. The molecule has 1 aromatic heterocycles. The summed E-state index contributed by atoms with van der Waals surface area (Å²) in [6.45, 7) is 5.55. The number of rotatable bonds is 5. The summed E-state index contributed by atoms with van der Waals surface area (Å²) in [4.78, 5) is 14.2. The van der Waals surface area contributed by atoms with Gasteiger partial charge in [-0.05, 0) is 12.5 Å². The van der Waals surface area contributed by atoms with Gasteiger partial charge >= 0.3 is 5.97 Å². The Morgan fingerprint density at radius 1 is 1.19 bits per heavy atom. The van der Waals surface area contributed by atoms with Crippen molar-refractivity contribution < 1.29 is 14.3 Å². The number of benzene rings is 1. The van der Waals surface area contributed by atoms with E-state index in [1.807, 2.05) is 25.1 Å². The largest absolute Gasteiger partial charge is 0.462 e. The van der Waals surface area contributed by atoms with Crippen molar-refractivity contribution in [1.29, 1.82) is 0 Å². The highest BCUT2D eigenvalue weighted by molar-refractivity contribution is 8.00. The number of ether oxygens (including phenoxy) is 2. The fraction of sp³-hybridized carbons (Fsp3) is 0.500. The number of anilines is 1. The van der Waals surface area contributed by atoms with E-state index in [4.69, 9.17) is 9.47 Å². The van der Waals surface area contributed by atoms with Crippen LogP contribution in [0.3, 0.4) is 0 Å². The lowest BCUT2D eigenvalue weighted by molar-refractivity contribution is -0.140. The number of carbonyl (C=O) groups is 1.